The summed E-state index contributed by atoms with van der Waals surface area (Å²) in [5.74, 6) is 0.685. The number of anilines is 1. The number of likely N-dealkylation sites (tertiary alicyclic amines) is 1. The highest BCUT2D eigenvalue weighted by Gasteiger charge is 2.27. The van der Waals surface area contributed by atoms with Crippen molar-refractivity contribution in [1.29, 1.82) is 0 Å². The second-order valence-electron chi connectivity index (χ2n) is 6.77. The lowest BCUT2D eigenvalue weighted by molar-refractivity contribution is -0.130. The molecule has 0 saturated carbocycles. The first-order valence-corrected chi connectivity index (χ1v) is 9.97. The number of amides is 1. The molecule has 1 saturated heterocycles. The van der Waals surface area contributed by atoms with Crippen molar-refractivity contribution >= 4 is 57.8 Å². The van der Waals surface area contributed by atoms with E-state index >= 15 is 0 Å². The van der Waals surface area contributed by atoms with Gasteiger partial charge in [-0.2, -0.15) is 0 Å². The lowest BCUT2D eigenvalue weighted by Gasteiger charge is -2.36. The van der Waals surface area contributed by atoms with Crippen molar-refractivity contribution in [3.63, 3.8) is 0 Å². The van der Waals surface area contributed by atoms with Gasteiger partial charge < -0.3 is 14.6 Å². The molecule has 2 N–H and O–H groups in total. The monoisotopic (exact) mass is 398 g/mol. The molecule has 2 aliphatic rings. The van der Waals surface area contributed by atoms with Crippen molar-refractivity contribution in [2.75, 3.05) is 24.4 Å². The Kier molecular flexibility index (Phi) is 4.79. The lowest BCUT2D eigenvalue weighted by Crippen LogP contribution is -2.42. The molecule has 0 spiro atoms. The second-order valence-corrected chi connectivity index (χ2v) is 8.49. The largest absolute Gasteiger partial charge is 0.358 e. The summed E-state index contributed by atoms with van der Waals surface area (Å²) in [6.07, 6.45) is 4.02. The van der Waals surface area contributed by atoms with Crippen LogP contribution in [0.4, 0.5) is 5.69 Å². The Morgan fingerprint density at radius 1 is 1.40 bits per heavy atom. The highest BCUT2D eigenvalue weighted by Crippen LogP contribution is 2.41. The maximum atomic E-state index is 11.6. The van der Waals surface area contributed by atoms with Crippen molar-refractivity contribution < 1.29 is 4.79 Å². The minimum Gasteiger partial charge on any atom is -0.358 e. The van der Waals surface area contributed by atoms with E-state index in [-0.39, 0.29) is 5.91 Å². The molecule has 4 rings (SSSR count). The van der Waals surface area contributed by atoms with Gasteiger partial charge in [0.15, 0.2) is 0 Å². The molecule has 2 aromatic rings. The SMILES string of the molecule is CC(=O)N1CCCC(CN2Cc3cc(Cl)c4c(Cl)c[nH]c4c3NS2)C1. The summed E-state index contributed by atoms with van der Waals surface area (Å²) in [6, 6.07) is 2.00. The van der Waals surface area contributed by atoms with Crippen LogP contribution in [0.1, 0.15) is 25.3 Å². The van der Waals surface area contributed by atoms with Crippen LogP contribution in [-0.2, 0) is 11.3 Å². The number of carbonyl (C=O) groups is 1. The van der Waals surface area contributed by atoms with Crippen LogP contribution in [0.5, 0.6) is 0 Å². The maximum Gasteiger partial charge on any atom is 0.219 e. The van der Waals surface area contributed by atoms with Gasteiger partial charge in [-0.1, -0.05) is 23.2 Å². The summed E-state index contributed by atoms with van der Waals surface area (Å²) >= 11 is 14.3. The van der Waals surface area contributed by atoms with Crippen LogP contribution in [0.3, 0.4) is 0 Å². The van der Waals surface area contributed by atoms with Crippen LogP contribution in [0, 0.1) is 5.92 Å². The third-order valence-corrected chi connectivity index (χ3v) is 6.42. The Morgan fingerprint density at radius 3 is 3.04 bits per heavy atom. The molecular formula is C17H20Cl2N4OS. The zero-order chi connectivity index (χ0) is 17.6. The van der Waals surface area contributed by atoms with Crippen LogP contribution in [-0.4, -0.2) is 39.7 Å². The van der Waals surface area contributed by atoms with E-state index in [0.717, 1.165) is 54.8 Å². The number of fused-ring (bicyclic) bond motifs is 3. The lowest BCUT2D eigenvalue weighted by atomic mass is 9.97. The topological polar surface area (TPSA) is 51.4 Å². The molecule has 0 aliphatic carbocycles. The van der Waals surface area contributed by atoms with Gasteiger partial charge >= 0.3 is 0 Å². The molecule has 25 heavy (non-hydrogen) atoms. The van der Waals surface area contributed by atoms with E-state index < -0.39 is 0 Å². The number of hydrogen-bond donors (Lipinski definition) is 2. The predicted molar refractivity (Wildman–Crippen MR) is 105 cm³/mol. The number of halogens is 2. The fraction of sp³-hybridized carbons (Fsp3) is 0.471. The molecule has 1 aromatic heterocycles. The first kappa shape index (κ1) is 17.3. The van der Waals surface area contributed by atoms with Gasteiger partial charge in [-0.3, -0.25) is 4.79 Å². The first-order valence-electron chi connectivity index (χ1n) is 8.44. The standard InChI is InChI=1S/C17H20Cl2N4OS/c1-10(24)22-4-2-3-11(7-22)8-23-9-12-5-13(18)15-14(19)6-20-17(15)16(12)21-25-23/h5-6,11,20-21H,2-4,7-9H2,1H3. The highest BCUT2D eigenvalue weighted by atomic mass is 35.5. The molecule has 0 radical (unpaired) electrons. The minimum atomic E-state index is 0.178. The molecule has 1 unspecified atom stereocenters. The van der Waals surface area contributed by atoms with Crippen molar-refractivity contribution in [3.05, 3.63) is 27.9 Å². The molecule has 1 aromatic carbocycles. The van der Waals surface area contributed by atoms with Crippen LogP contribution in [0.15, 0.2) is 12.3 Å². The number of hydrogen-bond acceptors (Lipinski definition) is 4. The zero-order valence-corrected chi connectivity index (χ0v) is 16.3. The van der Waals surface area contributed by atoms with Gasteiger partial charge in [0.2, 0.25) is 5.91 Å². The summed E-state index contributed by atoms with van der Waals surface area (Å²) in [5.41, 5.74) is 3.18. The molecule has 134 valence electrons. The summed E-state index contributed by atoms with van der Waals surface area (Å²) in [6.45, 7) is 5.16. The number of carbonyl (C=O) groups excluding carboxylic acids is 1. The van der Waals surface area contributed by atoms with E-state index in [1.54, 1.807) is 25.3 Å². The molecule has 8 heteroatoms. The van der Waals surface area contributed by atoms with E-state index in [4.69, 9.17) is 23.2 Å². The molecule has 1 atom stereocenters. The van der Waals surface area contributed by atoms with Crippen molar-refractivity contribution in [3.8, 4) is 0 Å². The minimum absolute atomic E-state index is 0.178. The molecular weight excluding hydrogens is 379 g/mol. The Hall–Kier alpha value is -1.08. The average molecular weight is 399 g/mol. The Balaban J connectivity index is 1.50. The number of benzene rings is 1. The fourth-order valence-corrected chi connectivity index (χ4v) is 5.32. The second kappa shape index (κ2) is 6.91. The quantitative estimate of drug-likeness (QED) is 0.729. The molecule has 1 fully saturated rings. The van der Waals surface area contributed by atoms with Gasteiger partial charge in [-0.15, -0.1) is 0 Å². The Labute approximate surface area is 161 Å². The van der Waals surface area contributed by atoms with Gasteiger partial charge in [0.25, 0.3) is 0 Å². The van der Waals surface area contributed by atoms with Crippen LogP contribution in [0.2, 0.25) is 10.0 Å². The number of nitrogens with one attached hydrogen (secondary N) is 2. The van der Waals surface area contributed by atoms with Crippen molar-refractivity contribution in [2.45, 2.75) is 26.3 Å². The molecule has 0 bridgehead atoms. The Bertz CT molecular complexity index is 825. The summed E-state index contributed by atoms with van der Waals surface area (Å²) in [4.78, 5) is 16.8. The fourth-order valence-electron chi connectivity index (χ4n) is 3.75. The number of aromatic nitrogens is 1. The van der Waals surface area contributed by atoms with E-state index in [2.05, 4.69) is 14.0 Å². The highest BCUT2D eigenvalue weighted by molar-refractivity contribution is 7.98. The maximum absolute atomic E-state index is 11.6. The molecule has 5 nitrogen and oxygen atoms in total. The van der Waals surface area contributed by atoms with E-state index in [0.29, 0.717) is 16.0 Å². The molecule has 3 heterocycles. The van der Waals surface area contributed by atoms with Gasteiger partial charge in [0.1, 0.15) is 0 Å². The first-order chi connectivity index (χ1) is 12.0. The van der Waals surface area contributed by atoms with Gasteiger partial charge in [0, 0.05) is 56.8 Å². The number of aromatic amines is 1. The third-order valence-electron chi connectivity index (χ3n) is 4.99. The van der Waals surface area contributed by atoms with Crippen molar-refractivity contribution in [1.82, 2.24) is 14.2 Å². The number of rotatable bonds is 2. The zero-order valence-electron chi connectivity index (χ0n) is 13.9. The van der Waals surface area contributed by atoms with E-state index in [1.165, 1.54) is 6.42 Å². The van der Waals surface area contributed by atoms with E-state index in [1.807, 2.05) is 11.0 Å². The number of piperidine rings is 1. The van der Waals surface area contributed by atoms with Gasteiger partial charge in [-0.25, -0.2) is 4.31 Å². The number of nitrogens with zero attached hydrogens (tertiary/aromatic N) is 2. The van der Waals surface area contributed by atoms with Crippen LogP contribution < -0.4 is 4.72 Å². The Morgan fingerprint density at radius 2 is 2.24 bits per heavy atom. The summed E-state index contributed by atoms with van der Waals surface area (Å²) < 4.78 is 5.74. The van der Waals surface area contributed by atoms with Gasteiger partial charge in [0.05, 0.1) is 21.2 Å². The predicted octanol–water partition coefficient (Wildman–Crippen LogP) is 4.52. The normalized spacial score (nSPS) is 21.2. The van der Waals surface area contributed by atoms with Gasteiger partial charge in [-0.05, 0) is 30.4 Å². The summed E-state index contributed by atoms with van der Waals surface area (Å²) in [5, 5.41) is 2.19. The molecule has 1 amide bonds. The summed E-state index contributed by atoms with van der Waals surface area (Å²) in [7, 11) is 0. The van der Waals surface area contributed by atoms with E-state index in [9.17, 15) is 4.79 Å². The number of H-pyrrole nitrogens is 1. The van der Waals surface area contributed by atoms with Crippen molar-refractivity contribution in [2.24, 2.45) is 5.92 Å². The van der Waals surface area contributed by atoms with Crippen LogP contribution >= 0.6 is 35.3 Å². The molecule has 2 aliphatic heterocycles. The smallest absolute Gasteiger partial charge is 0.219 e. The third kappa shape index (κ3) is 3.33. The van der Waals surface area contributed by atoms with Crippen LogP contribution in [0.25, 0.3) is 10.9 Å². The average Bonchev–Trinajstić information content (AvgIpc) is 2.97.